The van der Waals surface area contributed by atoms with Crippen LogP contribution in [-0.4, -0.2) is 89.3 Å². The van der Waals surface area contributed by atoms with Crippen molar-refractivity contribution in [1.82, 2.24) is 10.2 Å². The number of ketones is 4. The van der Waals surface area contributed by atoms with Gasteiger partial charge in [0.25, 0.3) is 0 Å². The Labute approximate surface area is 281 Å². The first-order valence-electron chi connectivity index (χ1n) is 17.1. The van der Waals surface area contributed by atoms with Crippen molar-refractivity contribution in [3.8, 4) is 0 Å². The third-order valence-electron chi connectivity index (χ3n) is 9.63. The van der Waals surface area contributed by atoms with Gasteiger partial charge in [-0.15, -0.1) is 0 Å². The average Bonchev–Trinajstić information content (AvgIpc) is 3.40. The number of nitrogens with zero attached hydrogens (tertiary/aromatic N) is 2. The van der Waals surface area contributed by atoms with Crippen molar-refractivity contribution in [2.24, 2.45) is 22.4 Å². The number of nitrogens with one attached hydrogen (secondary N) is 1. The molecule has 3 aliphatic heterocycles. The number of rotatable bonds is 14. The minimum Gasteiger partial charge on any atom is -0.444 e. The van der Waals surface area contributed by atoms with Gasteiger partial charge in [-0.25, -0.2) is 4.79 Å². The number of alkyl carbamates (subject to hydrolysis) is 1. The van der Waals surface area contributed by atoms with E-state index in [0.717, 1.165) is 12.8 Å². The molecule has 5 atom stereocenters. The molecule has 1 spiro atoms. The second kappa shape index (κ2) is 14.7. The van der Waals surface area contributed by atoms with E-state index in [2.05, 4.69) is 10.5 Å². The molecular weight excluding hydrogens is 618 g/mol. The van der Waals surface area contributed by atoms with E-state index in [9.17, 15) is 28.8 Å². The Morgan fingerprint density at radius 1 is 1.08 bits per heavy atom. The summed E-state index contributed by atoms with van der Waals surface area (Å²) in [6, 6.07) is 6.54. The number of hydrogen-bond acceptors (Lipinski definition) is 10. The van der Waals surface area contributed by atoms with E-state index in [1.165, 1.54) is 4.90 Å². The normalized spacial score (nSPS) is 24.8. The predicted molar refractivity (Wildman–Crippen MR) is 174 cm³/mol. The largest absolute Gasteiger partial charge is 0.444 e. The Balaban J connectivity index is 1.38. The van der Waals surface area contributed by atoms with Crippen molar-refractivity contribution in [3.63, 3.8) is 0 Å². The molecule has 0 bridgehead atoms. The number of ether oxygens (including phenoxy) is 2. The van der Waals surface area contributed by atoms with Crippen LogP contribution in [0.2, 0.25) is 0 Å². The minimum absolute atomic E-state index is 0.0381. The number of oxime groups is 1. The lowest BCUT2D eigenvalue weighted by molar-refractivity contribution is -0.143. The van der Waals surface area contributed by atoms with E-state index >= 15 is 0 Å². The zero-order valence-corrected chi connectivity index (χ0v) is 28.3. The topological polar surface area (TPSA) is 158 Å². The van der Waals surface area contributed by atoms with Gasteiger partial charge in [-0.3, -0.25) is 24.0 Å². The average molecular weight is 666 g/mol. The van der Waals surface area contributed by atoms with Crippen LogP contribution in [0, 0.1) is 17.3 Å². The van der Waals surface area contributed by atoms with E-state index in [4.69, 9.17) is 14.3 Å². The summed E-state index contributed by atoms with van der Waals surface area (Å²) in [6.45, 7) is 7.96. The fourth-order valence-corrected chi connectivity index (χ4v) is 6.75. The van der Waals surface area contributed by atoms with Gasteiger partial charge in [0.05, 0.1) is 25.8 Å². The molecule has 4 aliphatic rings. The fraction of sp³-hybridized carbons (Fsp3) is 0.639. The Hall–Kier alpha value is -3.93. The Morgan fingerprint density at radius 3 is 2.44 bits per heavy atom. The quantitative estimate of drug-likeness (QED) is 0.227. The number of amides is 2. The first-order chi connectivity index (χ1) is 22.8. The monoisotopic (exact) mass is 665 g/mol. The van der Waals surface area contributed by atoms with Crippen molar-refractivity contribution >= 4 is 40.8 Å². The summed E-state index contributed by atoms with van der Waals surface area (Å²) >= 11 is 0. The van der Waals surface area contributed by atoms with Crippen LogP contribution in [0.3, 0.4) is 0 Å². The maximum absolute atomic E-state index is 14.4. The van der Waals surface area contributed by atoms with Crippen molar-refractivity contribution in [1.29, 1.82) is 0 Å². The lowest BCUT2D eigenvalue weighted by Crippen LogP contribution is -2.57. The van der Waals surface area contributed by atoms with Crippen LogP contribution >= 0.6 is 0 Å². The first kappa shape index (κ1) is 35.4. The van der Waals surface area contributed by atoms with Gasteiger partial charge >= 0.3 is 6.09 Å². The number of Topliss-reactive ketones (excluding diaryl/α,β-unsaturated/α-hetero) is 4. The summed E-state index contributed by atoms with van der Waals surface area (Å²) < 4.78 is 10.8. The van der Waals surface area contributed by atoms with E-state index in [-0.39, 0.29) is 62.0 Å². The second-order valence-corrected chi connectivity index (χ2v) is 14.8. The molecule has 1 saturated carbocycles. The number of likely N-dealkylation sites (tertiary alicyclic amines) is 1. The van der Waals surface area contributed by atoms with Crippen LogP contribution < -0.4 is 5.32 Å². The van der Waals surface area contributed by atoms with Crippen LogP contribution in [0.5, 0.6) is 0 Å². The number of carbonyl (C=O) groups excluding carboxylic acids is 6. The molecule has 260 valence electrons. The van der Waals surface area contributed by atoms with Gasteiger partial charge < -0.3 is 24.5 Å². The predicted octanol–water partition coefficient (Wildman–Crippen LogP) is 4.23. The Bertz CT molecular complexity index is 1440. The zero-order chi connectivity index (χ0) is 34.6. The minimum atomic E-state index is -1.16. The van der Waals surface area contributed by atoms with Gasteiger partial charge in [0.1, 0.15) is 17.9 Å². The maximum Gasteiger partial charge on any atom is 0.408 e. The lowest BCUT2D eigenvalue weighted by Gasteiger charge is -2.35. The number of benzene rings is 1. The third kappa shape index (κ3) is 8.37. The molecule has 2 amide bonds. The van der Waals surface area contributed by atoms with Gasteiger partial charge in [0.15, 0.2) is 17.2 Å². The van der Waals surface area contributed by atoms with Crippen molar-refractivity contribution in [3.05, 3.63) is 35.9 Å². The molecule has 1 aromatic carbocycles. The highest BCUT2D eigenvalue weighted by Gasteiger charge is 2.56. The highest BCUT2D eigenvalue weighted by atomic mass is 16.7. The Kier molecular flexibility index (Phi) is 10.8. The van der Waals surface area contributed by atoms with E-state index in [1.54, 1.807) is 51.1 Å². The van der Waals surface area contributed by atoms with E-state index in [0.29, 0.717) is 31.4 Å². The summed E-state index contributed by atoms with van der Waals surface area (Å²) in [5, 5.41) is 6.85. The standard InChI is InChI=1S/C36H47N3O9/c1-5-9-24(31(43)29(41)16-22-12-13-22)17-28(40)27-19-36(18-26(38-48-36)30(42)23-10-7-6-8-11-23)21-39(27)33(44)32(35(2,3)4)37-34(45)47-25-14-15-46-20-25/h6-8,10-11,22,24-25,27,32H,5,9,12-21H2,1-4H3,(H,37,45)/t24-,25+,27+,32-,36-/m1/s1. The molecule has 3 heterocycles. The van der Waals surface area contributed by atoms with Crippen molar-refractivity contribution in [2.45, 2.75) is 109 Å². The Morgan fingerprint density at radius 2 is 1.81 bits per heavy atom. The molecule has 1 N–H and O–H groups in total. The summed E-state index contributed by atoms with van der Waals surface area (Å²) in [4.78, 5) is 88.1. The number of carbonyl (C=O) groups is 6. The molecule has 48 heavy (non-hydrogen) atoms. The molecule has 0 radical (unpaired) electrons. The van der Waals surface area contributed by atoms with E-state index in [1.807, 2.05) is 6.92 Å². The highest BCUT2D eigenvalue weighted by Crippen LogP contribution is 2.40. The summed E-state index contributed by atoms with van der Waals surface area (Å²) in [7, 11) is 0. The molecular formula is C36H47N3O9. The van der Waals surface area contributed by atoms with Gasteiger partial charge in [-0.05, 0) is 30.6 Å². The third-order valence-corrected chi connectivity index (χ3v) is 9.63. The van der Waals surface area contributed by atoms with Crippen LogP contribution in [0.4, 0.5) is 4.79 Å². The van der Waals surface area contributed by atoms with Crippen molar-refractivity contribution < 1.29 is 43.1 Å². The van der Waals surface area contributed by atoms with Crippen LogP contribution in [0.15, 0.2) is 35.5 Å². The van der Waals surface area contributed by atoms with Crippen molar-refractivity contribution in [2.75, 3.05) is 19.8 Å². The lowest BCUT2D eigenvalue weighted by atomic mass is 9.84. The van der Waals surface area contributed by atoms with Gasteiger partial charge in [-0.2, -0.15) is 0 Å². The molecule has 0 unspecified atom stereocenters. The molecule has 1 aliphatic carbocycles. The fourth-order valence-electron chi connectivity index (χ4n) is 6.75. The number of hydrogen-bond donors (Lipinski definition) is 1. The molecule has 5 rings (SSSR count). The summed E-state index contributed by atoms with van der Waals surface area (Å²) in [5.74, 6) is -2.74. The van der Waals surface area contributed by atoms with Crippen LogP contribution in [0.25, 0.3) is 0 Å². The van der Waals surface area contributed by atoms with E-state index < -0.39 is 58.7 Å². The second-order valence-electron chi connectivity index (χ2n) is 14.8. The maximum atomic E-state index is 14.4. The summed E-state index contributed by atoms with van der Waals surface area (Å²) in [6.07, 6.45) is 2.29. The molecule has 2 saturated heterocycles. The highest BCUT2D eigenvalue weighted by molar-refractivity contribution is 6.46. The molecule has 0 aromatic heterocycles. The summed E-state index contributed by atoms with van der Waals surface area (Å²) in [5.41, 5.74) is -1.33. The molecule has 3 fully saturated rings. The molecule has 1 aromatic rings. The zero-order valence-electron chi connectivity index (χ0n) is 28.3. The SMILES string of the molecule is CCC[C@H](CC(=O)[C@@H]1C[C@]2(CC(C(=O)c3ccccc3)=NO2)CN1C(=O)[C@@H](NC(=O)O[C@H]1CCOC1)C(C)(C)C)C(=O)C(=O)CC1CC1. The smallest absolute Gasteiger partial charge is 0.408 e. The molecule has 12 nitrogen and oxygen atoms in total. The van der Waals surface area contributed by atoms with Gasteiger partial charge in [0.2, 0.25) is 17.5 Å². The molecule has 12 heteroatoms. The van der Waals surface area contributed by atoms with Crippen LogP contribution in [0.1, 0.15) is 95.8 Å². The van der Waals surface area contributed by atoms with Crippen LogP contribution in [-0.2, 0) is 33.5 Å². The van der Waals surface area contributed by atoms with Gasteiger partial charge in [0, 0.05) is 43.6 Å². The van der Waals surface area contributed by atoms with Gasteiger partial charge in [-0.1, -0.05) is 69.6 Å². The first-order valence-corrected chi connectivity index (χ1v) is 17.1.